The van der Waals surface area contributed by atoms with Crippen LogP contribution in [-0.2, 0) is 27.7 Å². The van der Waals surface area contributed by atoms with Crippen LogP contribution in [0.15, 0.2) is 21.7 Å². The number of aryl methyl sites for hydroxylation is 2. The largest absolute Gasteiger partial charge is 0.301 e. The van der Waals surface area contributed by atoms with Gasteiger partial charge in [-0.15, -0.1) is 22.7 Å². The van der Waals surface area contributed by atoms with Gasteiger partial charge in [0.15, 0.2) is 5.13 Å². The minimum atomic E-state index is -3.71. The summed E-state index contributed by atoms with van der Waals surface area (Å²) in [4.78, 5) is 18.4. The molecule has 0 saturated carbocycles. The lowest BCUT2D eigenvalue weighted by atomic mass is 10.0. The van der Waals surface area contributed by atoms with Crippen molar-refractivity contribution in [1.29, 1.82) is 0 Å². The second kappa shape index (κ2) is 7.53. The second-order valence-corrected chi connectivity index (χ2v) is 10.3. The van der Waals surface area contributed by atoms with Crippen molar-refractivity contribution in [2.75, 3.05) is 5.32 Å². The number of anilines is 1. The number of aromatic nitrogens is 1. The molecule has 25 heavy (non-hydrogen) atoms. The van der Waals surface area contributed by atoms with E-state index in [9.17, 15) is 13.2 Å². The van der Waals surface area contributed by atoms with Gasteiger partial charge in [-0.2, -0.15) is 4.72 Å². The van der Waals surface area contributed by atoms with Crippen molar-refractivity contribution in [3.8, 4) is 0 Å². The van der Waals surface area contributed by atoms with Gasteiger partial charge in [0, 0.05) is 4.88 Å². The number of thiazole rings is 1. The molecule has 6 nitrogen and oxygen atoms in total. The van der Waals surface area contributed by atoms with Crippen LogP contribution >= 0.6 is 22.7 Å². The molecule has 1 aliphatic carbocycles. The lowest BCUT2D eigenvalue weighted by Crippen LogP contribution is -2.46. The number of nitrogens with zero attached hydrogens (tertiary/aromatic N) is 1. The minimum absolute atomic E-state index is 0.190. The molecule has 0 radical (unpaired) electrons. The van der Waals surface area contributed by atoms with Gasteiger partial charge in [0.1, 0.15) is 10.3 Å². The van der Waals surface area contributed by atoms with Crippen LogP contribution in [0.1, 0.15) is 37.3 Å². The molecule has 0 bridgehead atoms. The standard InChI is InChI=1S/C16H21N3O3S3/c1-10(2)14(19-25(21,22)13-8-5-9-23-13)15(20)18-16-17-11-6-3-4-7-12(11)24-16/h5,8-10,14,19H,3-4,6-7H2,1-2H3,(H,17,18,20). The zero-order valence-electron chi connectivity index (χ0n) is 14.1. The fourth-order valence-electron chi connectivity index (χ4n) is 2.72. The smallest absolute Gasteiger partial charge is 0.250 e. The number of carbonyl (C=O) groups excluding carboxylic acids is 1. The predicted octanol–water partition coefficient (Wildman–Crippen LogP) is 3.03. The SMILES string of the molecule is CC(C)C(NS(=O)(=O)c1cccs1)C(=O)Nc1nc2c(s1)CCCC2. The van der Waals surface area contributed by atoms with Crippen LogP contribution in [0, 0.1) is 5.92 Å². The average molecular weight is 400 g/mol. The van der Waals surface area contributed by atoms with Gasteiger partial charge in [-0.25, -0.2) is 13.4 Å². The molecule has 1 amide bonds. The summed E-state index contributed by atoms with van der Waals surface area (Å²) in [6.07, 6.45) is 4.22. The van der Waals surface area contributed by atoms with E-state index >= 15 is 0 Å². The van der Waals surface area contributed by atoms with Crippen molar-refractivity contribution >= 4 is 43.7 Å². The van der Waals surface area contributed by atoms with Crippen molar-refractivity contribution in [2.45, 2.75) is 49.8 Å². The zero-order valence-corrected chi connectivity index (χ0v) is 16.6. The summed E-state index contributed by atoms with van der Waals surface area (Å²) < 4.78 is 27.6. The third kappa shape index (κ3) is 4.28. The van der Waals surface area contributed by atoms with Crippen LogP contribution in [0.4, 0.5) is 5.13 Å². The number of hydrogen-bond acceptors (Lipinski definition) is 6. The Labute approximate surface area is 155 Å². The fourth-order valence-corrected chi connectivity index (χ4v) is 6.13. The van der Waals surface area contributed by atoms with E-state index in [0.29, 0.717) is 5.13 Å². The highest BCUT2D eigenvalue weighted by atomic mass is 32.2. The monoisotopic (exact) mass is 399 g/mol. The van der Waals surface area contributed by atoms with Gasteiger partial charge in [0.2, 0.25) is 5.91 Å². The highest BCUT2D eigenvalue weighted by Crippen LogP contribution is 2.29. The zero-order chi connectivity index (χ0) is 18.0. The van der Waals surface area contributed by atoms with Gasteiger partial charge < -0.3 is 5.32 Å². The molecule has 1 aliphatic rings. The molecule has 1 atom stereocenters. The Hall–Kier alpha value is -1.29. The lowest BCUT2D eigenvalue weighted by molar-refractivity contribution is -0.118. The number of fused-ring (bicyclic) bond motifs is 1. The molecule has 2 aromatic heterocycles. The Kier molecular flexibility index (Phi) is 5.57. The molecular weight excluding hydrogens is 378 g/mol. The molecule has 0 aliphatic heterocycles. The first-order chi connectivity index (χ1) is 11.9. The van der Waals surface area contributed by atoms with Gasteiger partial charge in [0.05, 0.1) is 5.69 Å². The van der Waals surface area contributed by atoms with Crippen LogP contribution < -0.4 is 10.0 Å². The van der Waals surface area contributed by atoms with Crippen molar-refractivity contribution in [2.24, 2.45) is 5.92 Å². The van der Waals surface area contributed by atoms with E-state index < -0.39 is 16.1 Å². The number of hydrogen-bond donors (Lipinski definition) is 2. The van der Waals surface area contributed by atoms with Crippen molar-refractivity contribution in [3.05, 3.63) is 28.1 Å². The van der Waals surface area contributed by atoms with Crippen LogP contribution in [0.3, 0.4) is 0 Å². The van der Waals surface area contributed by atoms with E-state index in [1.54, 1.807) is 11.4 Å². The van der Waals surface area contributed by atoms with E-state index in [2.05, 4.69) is 15.0 Å². The second-order valence-electron chi connectivity index (χ2n) is 6.36. The van der Waals surface area contributed by atoms with Crippen LogP contribution in [0.2, 0.25) is 0 Å². The quantitative estimate of drug-likeness (QED) is 0.781. The molecule has 9 heteroatoms. The van der Waals surface area contributed by atoms with Gasteiger partial charge in [-0.05, 0) is 43.0 Å². The first kappa shape index (κ1) is 18.5. The normalized spacial score (nSPS) is 15.8. The Balaban J connectivity index is 1.74. The molecular formula is C16H21N3O3S3. The lowest BCUT2D eigenvalue weighted by Gasteiger charge is -2.20. The van der Waals surface area contributed by atoms with Crippen LogP contribution in [-0.4, -0.2) is 25.4 Å². The molecule has 2 heterocycles. The Morgan fingerprint density at radius 2 is 2.04 bits per heavy atom. The van der Waals surface area contributed by atoms with E-state index in [1.165, 1.54) is 22.3 Å². The Morgan fingerprint density at radius 3 is 2.68 bits per heavy atom. The summed E-state index contributed by atoms with van der Waals surface area (Å²) in [5, 5.41) is 5.04. The van der Waals surface area contributed by atoms with Crippen molar-refractivity contribution in [1.82, 2.24) is 9.71 Å². The topological polar surface area (TPSA) is 88.2 Å². The molecule has 0 aromatic carbocycles. The molecule has 0 spiro atoms. The predicted molar refractivity (Wildman–Crippen MR) is 101 cm³/mol. The molecule has 2 aromatic rings. The molecule has 1 unspecified atom stereocenters. The summed E-state index contributed by atoms with van der Waals surface area (Å²) >= 11 is 2.62. The van der Waals surface area contributed by atoms with E-state index in [0.717, 1.165) is 42.7 Å². The number of sulfonamides is 1. The van der Waals surface area contributed by atoms with Gasteiger partial charge in [0.25, 0.3) is 10.0 Å². The Morgan fingerprint density at radius 1 is 1.28 bits per heavy atom. The average Bonchev–Trinajstić information content (AvgIpc) is 3.21. The number of rotatable bonds is 6. The molecule has 136 valence electrons. The number of thiophene rings is 1. The fraction of sp³-hybridized carbons (Fsp3) is 0.500. The third-order valence-corrected chi connectivity index (χ3v) is 7.98. The number of nitrogens with one attached hydrogen (secondary N) is 2. The summed E-state index contributed by atoms with van der Waals surface area (Å²) in [6, 6.07) is 2.34. The molecule has 3 rings (SSSR count). The first-order valence-corrected chi connectivity index (χ1v) is 11.4. The van der Waals surface area contributed by atoms with Crippen LogP contribution in [0.5, 0.6) is 0 Å². The van der Waals surface area contributed by atoms with E-state index in [1.807, 2.05) is 13.8 Å². The van der Waals surface area contributed by atoms with E-state index in [4.69, 9.17) is 0 Å². The summed E-state index contributed by atoms with van der Waals surface area (Å²) in [6.45, 7) is 3.63. The van der Waals surface area contributed by atoms with Crippen molar-refractivity contribution < 1.29 is 13.2 Å². The van der Waals surface area contributed by atoms with Gasteiger partial charge in [-0.1, -0.05) is 19.9 Å². The molecule has 2 N–H and O–H groups in total. The maximum atomic E-state index is 12.6. The van der Waals surface area contributed by atoms with Gasteiger partial charge in [-0.3, -0.25) is 4.79 Å². The van der Waals surface area contributed by atoms with Crippen LogP contribution in [0.25, 0.3) is 0 Å². The van der Waals surface area contributed by atoms with Gasteiger partial charge >= 0.3 is 0 Å². The number of amides is 1. The third-order valence-electron chi connectivity index (χ3n) is 4.07. The van der Waals surface area contributed by atoms with E-state index in [-0.39, 0.29) is 16.0 Å². The highest BCUT2D eigenvalue weighted by molar-refractivity contribution is 7.91. The number of carbonyl (C=O) groups is 1. The summed E-state index contributed by atoms with van der Waals surface area (Å²) in [5.74, 6) is -0.564. The summed E-state index contributed by atoms with van der Waals surface area (Å²) in [7, 11) is -3.71. The Bertz CT molecular complexity index is 818. The van der Waals surface area contributed by atoms with Crippen molar-refractivity contribution in [3.63, 3.8) is 0 Å². The molecule has 0 fully saturated rings. The maximum absolute atomic E-state index is 12.6. The first-order valence-electron chi connectivity index (χ1n) is 8.22. The minimum Gasteiger partial charge on any atom is -0.301 e. The molecule has 0 saturated heterocycles. The highest BCUT2D eigenvalue weighted by Gasteiger charge is 2.29. The summed E-state index contributed by atoms with van der Waals surface area (Å²) in [5.41, 5.74) is 1.06. The maximum Gasteiger partial charge on any atom is 0.250 e.